The zero-order chi connectivity index (χ0) is 12.8. The van der Waals surface area contributed by atoms with Gasteiger partial charge in [-0.05, 0) is 46.6 Å². The Morgan fingerprint density at radius 2 is 1.94 bits per heavy atom. The lowest BCUT2D eigenvalue weighted by atomic mass is 10.1. The number of halogens is 1. The molecule has 2 rings (SSSR count). The molecule has 2 aromatic rings. The molecule has 0 saturated carbocycles. The highest BCUT2D eigenvalue weighted by molar-refractivity contribution is 9.10. The summed E-state index contributed by atoms with van der Waals surface area (Å²) in [7, 11) is 0. The predicted octanol–water partition coefficient (Wildman–Crippen LogP) is 2.85. The van der Waals surface area contributed by atoms with Crippen LogP contribution in [0.3, 0.4) is 0 Å². The number of hydrogen-bond acceptors (Lipinski definition) is 2. The van der Waals surface area contributed by atoms with Crippen LogP contribution in [0.5, 0.6) is 0 Å². The van der Waals surface area contributed by atoms with Crippen LogP contribution in [0.4, 0.5) is 0 Å². The first kappa shape index (κ1) is 13.3. The average Bonchev–Trinajstić information content (AvgIpc) is 2.77. The molecule has 3 nitrogen and oxygen atoms in total. The third kappa shape index (κ3) is 3.96. The number of nitrogens with zero attached hydrogens (tertiary/aromatic N) is 2. The molecule has 0 aliphatic rings. The highest BCUT2D eigenvalue weighted by atomic mass is 79.9. The number of nitrogens with one attached hydrogen (secondary N) is 1. The quantitative estimate of drug-likeness (QED) is 0.832. The average molecular weight is 308 g/mol. The normalized spacial score (nSPS) is 10.8. The van der Waals surface area contributed by atoms with E-state index in [-0.39, 0.29) is 0 Å². The van der Waals surface area contributed by atoms with Crippen molar-refractivity contribution in [3.05, 3.63) is 52.3 Å². The van der Waals surface area contributed by atoms with Crippen molar-refractivity contribution in [3.63, 3.8) is 0 Å². The van der Waals surface area contributed by atoms with E-state index in [1.54, 1.807) is 0 Å². The minimum atomic E-state index is 0.819. The summed E-state index contributed by atoms with van der Waals surface area (Å²) in [6.07, 6.45) is 4.88. The standard InChI is InChI=1S/C14H18BrN3/c1-2-16-8-7-12-3-5-13(6-4-12)10-18-11-14(15)9-17-18/h3-6,9,11,16H,2,7-8,10H2,1H3. The van der Waals surface area contributed by atoms with Gasteiger partial charge in [0.15, 0.2) is 0 Å². The van der Waals surface area contributed by atoms with Gasteiger partial charge in [-0.15, -0.1) is 0 Å². The molecule has 1 aromatic carbocycles. The first-order chi connectivity index (χ1) is 8.78. The molecule has 18 heavy (non-hydrogen) atoms. The molecule has 0 radical (unpaired) electrons. The Morgan fingerprint density at radius 1 is 1.22 bits per heavy atom. The molecule has 1 N–H and O–H groups in total. The Bertz CT molecular complexity index is 476. The molecule has 0 spiro atoms. The molecular formula is C14H18BrN3. The van der Waals surface area contributed by atoms with Crippen LogP contribution in [0.15, 0.2) is 41.1 Å². The molecule has 0 unspecified atom stereocenters. The topological polar surface area (TPSA) is 29.9 Å². The maximum Gasteiger partial charge on any atom is 0.0659 e. The fourth-order valence-electron chi connectivity index (χ4n) is 1.83. The van der Waals surface area contributed by atoms with E-state index in [0.29, 0.717) is 0 Å². The number of likely N-dealkylation sites (N-methyl/N-ethyl adjacent to an activating group) is 1. The van der Waals surface area contributed by atoms with Crippen LogP contribution in [0.25, 0.3) is 0 Å². The van der Waals surface area contributed by atoms with E-state index in [9.17, 15) is 0 Å². The van der Waals surface area contributed by atoms with Gasteiger partial charge in [0.25, 0.3) is 0 Å². The lowest BCUT2D eigenvalue weighted by Gasteiger charge is -2.05. The monoisotopic (exact) mass is 307 g/mol. The Morgan fingerprint density at radius 3 is 2.56 bits per heavy atom. The van der Waals surface area contributed by atoms with Crippen molar-refractivity contribution in [2.75, 3.05) is 13.1 Å². The van der Waals surface area contributed by atoms with E-state index in [0.717, 1.165) is 30.5 Å². The first-order valence-electron chi connectivity index (χ1n) is 6.24. The Labute approximate surface area is 116 Å². The second-order valence-corrected chi connectivity index (χ2v) is 5.19. The number of hydrogen-bond donors (Lipinski definition) is 1. The lowest BCUT2D eigenvalue weighted by Crippen LogP contribution is -2.16. The summed E-state index contributed by atoms with van der Waals surface area (Å²) in [5.74, 6) is 0. The molecule has 0 amide bonds. The number of benzene rings is 1. The summed E-state index contributed by atoms with van der Waals surface area (Å²) in [4.78, 5) is 0. The first-order valence-corrected chi connectivity index (χ1v) is 7.03. The van der Waals surface area contributed by atoms with Crippen molar-refractivity contribution in [3.8, 4) is 0 Å². The van der Waals surface area contributed by atoms with Gasteiger partial charge in [0.2, 0.25) is 0 Å². The third-order valence-corrected chi connectivity index (χ3v) is 3.22. The zero-order valence-corrected chi connectivity index (χ0v) is 12.2. The fourth-order valence-corrected chi connectivity index (χ4v) is 2.16. The maximum absolute atomic E-state index is 4.25. The highest BCUT2D eigenvalue weighted by Gasteiger charge is 1.98. The molecule has 4 heteroatoms. The Kier molecular flexibility index (Phi) is 4.96. The Balaban J connectivity index is 1.91. The van der Waals surface area contributed by atoms with Gasteiger partial charge in [-0.2, -0.15) is 5.10 Å². The van der Waals surface area contributed by atoms with E-state index in [1.807, 2.05) is 17.1 Å². The van der Waals surface area contributed by atoms with Crippen molar-refractivity contribution in [1.82, 2.24) is 15.1 Å². The maximum atomic E-state index is 4.25. The summed E-state index contributed by atoms with van der Waals surface area (Å²) < 4.78 is 2.95. The van der Waals surface area contributed by atoms with Crippen LogP contribution in [0, 0.1) is 0 Å². The molecule has 0 aliphatic carbocycles. The lowest BCUT2D eigenvalue weighted by molar-refractivity contribution is 0.685. The second-order valence-electron chi connectivity index (χ2n) is 4.28. The van der Waals surface area contributed by atoms with Crippen LogP contribution in [-0.2, 0) is 13.0 Å². The number of rotatable bonds is 6. The largest absolute Gasteiger partial charge is 0.317 e. The number of aromatic nitrogens is 2. The van der Waals surface area contributed by atoms with Gasteiger partial charge < -0.3 is 5.32 Å². The van der Waals surface area contributed by atoms with Gasteiger partial charge in [-0.25, -0.2) is 0 Å². The van der Waals surface area contributed by atoms with Crippen LogP contribution >= 0.6 is 15.9 Å². The van der Waals surface area contributed by atoms with Crippen molar-refractivity contribution in [2.24, 2.45) is 0 Å². The summed E-state index contributed by atoms with van der Waals surface area (Å²) in [6.45, 7) is 5.03. The molecule has 0 bridgehead atoms. The van der Waals surface area contributed by atoms with E-state index < -0.39 is 0 Å². The third-order valence-electron chi connectivity index (χ3n) is 2.81. The summed E-state index contributed by atoms with van der Waals surface area (Å²) in [6, 6.07) is 8.75. The molecule has 0 atom stereocenters. The highest BCUT2D eigenvalue weighted by Crippen LogP contribution is 2.10. The Hall–Kier alpha value is -1.13. The minimum Gasteiger partial charge on any atom is -0.317 e. The molecule has 0 fully saturated rings. The van der Waals surface area contributed by atoms with Gasteiger partial charge in [0.1, 0.15) is 0 Å². The van der Waals surface area contributed by atoms with Crippen LogP contribution in [0.2, 0.25) is 0 Å². The predicted molar refractivity (Wildman–Crippen MR) is 77.7 cm³/mol. The van der Waals surface area contributed by atoms with Crippen molar-refractivity contribution < 1.29 is 0 Å². The summed E-state index contributed by atoms with van der Waals surface area (Å²) >= 11 is 3.40. The van der Waals surface area contributed by atoms with Crippen molar-refractivity contribution in [2.45, 2.75) is 19.9 Å². The van der Waals surface area contributed by atoms with Crippen LogP contribution in [-0.4, -0.2) is 22.9 Å². The molecule has 1 aromatic heterocycles. The zero-order valence-electron chi connectivity index (χ0n) is 10.6. The van der Waals surface area contributed by atoms with Crippen molar-refractivity contribution in [1.29, 1.82) is 0 Å². The molecule has 1 heterocycles. The van der Waals surface area contributed by atoms with Gasteiger partial charge in [0.05, 0.1) is 17.2 Å². The molecular weight excluding hydrogens is 290 g/mol. The van der Waals surface area contributed by atoms with Gasteiger partial charge in [0, 0.05) is 6.20 Å². The minimum absolute atomic E-state index is 0.819. The van der Waals surface area contributed by atoms with E-state index in [2.05, 4.69) is 57.5 Å². The fraction of sp³-hybridized carbons (Fsp3) is 0.357. The second kappa shape index (κ2) is 6.71. The molecule has 0 saturated heterocycles. The van der Waals surface area contributed by atoms with E-state index in [1.165, 1.54) is 11.1 Å². The summed E-state index contributed by atoms with van der Waals surface area (Å²) in [5, 5.41) is 7.59. The smallest absolute Gasteiger partial charge is 0.0659 e. The van der Waals surface area contributed by atoms with Crippen LogP contribution in [0.1, 0.15) is 18.1 Å². The van der Waals surface area contributed by atoms with E-state index >= 15 is 0 Å². The van der Waals surface area contributed by atoms with Crippen LogP contribution < -0.4 is 5.32 Å². The molecule has 96 valence electrons. The summed E-state index contributed by atoms with van der Waals surface area (Å²) in [5.41, 5.74) is 2.65. The van der Waals surface area contributed by atoms with Gasteiger partial charge >= 0.3 is 0 Å². The van der Waals surface area contributed by atoms with Crippen molar-refractivity contribution >= 4 is 15.9 Å². The van der Waals surface area contributed by atoms with Gasteiger partial charge in [-0.3, -0.25) is 4.68 Å². The molecule has 0 aliphatic heterocycles. The van der Waals surface area contributed by atoms with Gasteiger partial charge in [-0.1, -0.05) is 31.2 Å². The SMILES string of the molecule is CCNCCc1ccc(Cn2cc(Br)cn2)cc1. The van der Waals surface area contributed by atoms with E-state index in [4.69, 9.17) is 0 Å².